The summed E-state index contributed by atoms with van der Waals surface area (Å²) in [4.78, 5) is 8.07. The molecule has 0 amide bonds. The largest absolute Gasteiger partial charge is 0.459 e. The van der Waals surface area contributed by atoms with E-state index in [-0.39, 0.29) is 17.6 Å². The molecule has 3 aromatic rings. The van der Waals surface area contributed by atoms with E-state index in [1.165, 1.54) is 24.5 Å². The first-order valence-corrected chi connectivity index (χ1v) is 6.76. The van der Waals surface area contributed by atoms with Gasteiger partial charge < -0.3 is 9.73 Å². The zero-order valence-electron chi connectivity index (χ0n) is 12.1. The Hall–Kier alpha value is -2.94. The Morgan fingerprint density at radius 2 is 2.09 bits per heavy atom. The summed E-state index contributed by atoms with van der Waals surface area (Å²) >= 11 is 0. The van der Waals surface area contributed by atoms with Gasteiger partial charge in [-0.15, -0.1) is 0 Å². The van der Waals surface area contributed by atoms with E-state index >= 15 is 0 Å². The van der Waals surface area contributed by atoms with Crippen LogP contribution in [0.25, 0.3) is 11.0 Å². The van der Waals surface area contributed by atoms with E-state index < -0.39 is 0 Å². The number of fused-ring (bicyclic) bond motifs is 1. The van der Waals surface area contributed by atoms with Gasteiger partial charge in [0.1, 0.15) is 23.2 Å². The summed E-state index contributed by atoms with van der Waals surface area (Å²) in [6.45, 7) is 3.76. The summed E-state index contributed by atoms with van der Waals surface area (Å²) in [6.07, 6.45) is 2.97. The second kappa shape index (κ2) is 5.45. The first kappa shape index (κ1) is 14.0. The lowest BCUT2D eigenvalue weighted by Crippen LogP contribution is -2.10. The van der Waals surface area contributed by atoms with Crippen molar-refractivity contribution in [3.63, 3.8) is 0 Å². The molecule has 0 fully saturated rings. The fourth-order valence-corrected chi connectivity index (χ4v) is 2.42. The number of hydrogen-bond donors (Lipinski definition) is 1. The van der Waals surface area contributed by atoms with Crippen LogP contribution >= 0.6 is 0 Å². The fourth-order valence-electron chi connectivity index (χ4n) is 2.42. The highest BCUT2D eigenvalue weighted by molar-refractivity contribution is 5.82. The van der Waals surface area contributed by atoms with Crippen molar-refractivity contribution < 1.29 is 8.81 Å². The minimum absolute atomic E-state index is 0.217. The molecule has 1 aromatic carbocycles. The summed E-state index contributed by atoms with van der Waals surface area (Å²) in [5.74, 6) is 0.767. The average molecular weight is 296 g/mol. The summed E-state index contributed by atoms with van der Waals surface area (Å²) in [6, 6.07) is 6.17. The molecule has 1 N–H and O–H groups in total. The third kappa shape index (κ3) is 2.37. The van der Waals surface area contributed by atoms with Crippen LogP contribution in [0.5, 0.6) is 0 Å². The minimum Gasteiger partial charge on any atom is -0.459 e. The molecular formula is C16H13FN4O. The summed E-state index contributed by atoms with van der Waals surface area (Å²) in [7, 11) is 0. The molecule has 2 aromatic heterocycles. The summed E-state index contributed by atoms with van der Waals surface area (Å²) in [5.41, 5.74) is 1.70. The molecule has 0 radical (unpaired) electrons. The molecule has 2 heterocycles. The fraction of sp³-hybridized carbons (Fsp3) is 0.188. The zero-order valence-corrected chi connectivity index (χ0v) is 12.1. The van der Waals surface area contributed by atoms with Crippen molar-refractivity contribution in [1.29, 1.82) is 5.26 Å². The van der Waals surface area contributed by atoms with Gasteiger partial charge in [-0.3, -0.25) is 0 Å². The maximum absolute atomic E-state index is 13.4. The van der Waals surface area contributed by atoms with Crippen LogP contribution in [0.3, 0.4) is 0 Å². The second-order valence-corrected chi connectivity index (χ2v) is 4.96. The molecule has 1 unspecified atom stereocenters. The standard InChI is InChI=1S/C16H13FN4O/c1-9-12-7-11(17)3-4-14(12)22-15(9)10(2)21-16-13(8-18)19-5-6-20-16/h3-7,10H,1-2H3,(H,20,21). The molecule has 0 aliphatic heterocycles. The van der Waals surface area contributed by atoms with E-state index in [1.54, 1.807) is 6.07 Å². The normalized spacial score (nSPS) is 12.1. The van der Waals surface area contributed by atoms with Crippen molar-refractivity contribution in [2.75, 3.05) is 5.32 Å². The van der Waals surface area contributed by atoms with Crippen molar-refractivity contribution >= 4 is 16.8 Å². The topological polar surface area (TPSA) is 74.7 Å². The highest BCUT2D eigenvalue weighted by Crippen LogP contribution is 2.31. The molecule has 0 aliphatic carbocycles. The third-order valence-corrected chi connectivity index (χ3v) is 3.49. The number of aryl methyl sites for hydroxylation is 1. The summed E-state index contributed by atoms with van der Waals surface area (Å²) in [5, 5.41) is 12.9. The van der Waals surface area contributed by atoms with Gasteiger partial charge in [-0.1, -0.05) is 0 Å². The number of nitriles is 1. The van der Waals surface area contributed by atoms with Gasteiger partial charge in [0.05, 0.1) is 6.04 Å². The molecule has 22 heavy (non-hydrogen) atoms. The molecule has 0 aliphatic rings. The molecule has 1 atom stereocenters. The molecule has 3 rings (SSSR count). The Kier molecular flexibility index (Phi) is 3.47. The van der Waals surface area contributed by atoms with Crippen LogP contribution in [-0.4, -0.2) is 9.97 Å². The number of aromatic nitrogens is 2. The number of anilines is 1. The van der Waals surface area contributed by atoms with Gasteiger partial charge in [0.15, 0.2) is 11.5 Å². The Morgan fingerprint density at radius 1 is 1.32 bits per heavy atom. The van der Waals surface area contributed by atoms with Gasteiger partial charge in [0.25, 0.3) is 0 Å². The van der Waals surface area contributed by atoms with Crippen LogP contribution < -0.4 is 5.32 Å². The van der Waals surface area contributed by atoms with Crippen LogP contribution in [0.15, 0.2) is 35.0 Å². The van der Waals surface area contributed by atoms with Gasteiger partial charge in [0, 0.05) is 23.3 Å². The third-order valence-electron chi connectivity index (χ3n) is 3.49. The van der Waals surface area contributed by atoms with Gasteiger partial charge in [-0.2, -0.15) is 5.26 Å². The molecule has 0 saturated heterocycles. The quantitative estimate of drug-likeness (QED) is 0.797. The lowest BCUT2D eigenvalue weighted by atomic mass is 10.1. The van der Waals surface area contributed by atoms with Gasteiger partial charge in [-0.25, -0.2) is 14.4 Å². The van der Waals surface area contributed by atoms with Crippen molar-refractivity contribution in [1.82, 2.24) is 9.97 Å². The lowest BCUT2D eigenvalue weighted by Gasteiger charge is -2.13. The van der Waals surface area contributed by atoms with Crippen LogP contribution in [0, 0.1) is 24.1 Å². The molecule has 0 bridgehead atoms. The SMILES string of the molecule is Cc1c(C(C)Nc2nccnc2C#N)oc2ccc(F)cc12. The Morgan fingerprint density at radius 3 is 2.86 bits per heavy atom. The smallest absolute Gasteiger partial charge is 0.182 e. The number of hydrogen-bond acceptors (Lipinski definition) is 5. The van der Waals surface area contributed by atoms with Crippen molar-refractivity contribution in [2.24, 2.45) is 0 Å². The average Bonchev–Trinajstić information content (AvgIpc) is 2.85. The van der Waals surface area contributed by atoms with Crippen molar-refractivity contribution in [2.45, 2.75) is 19.9 Å². The second-order valence-electron chi connectivity index (χ2n) is 4.96. The van der Waals surface area contributed by atoms with E-state index in [0.29, 0.717) is 17.2 Å². The molecular weight excluding hydrogens is 283 g/mol. The zero-order chi connectivity index (χ0) is 15.7. The summed E-state index contributed by atoms with van der Waals surface area (Å²) < 4.78 is 19.2. The van der Waals surface area contributed by atoms with Crippen LogP contribution in [-0.2, 0) is 0 Å². The number of halogens is 1. The van der Waals surface area contributed by atoms with E-state index in [1.807, 2.05) is 19.9 Å². The Labute approximate surface area is 126 Å². The maximum Gasteiger partial charge on any atom is 0.182 e. The number of nitrogens with zero attached hydrogens (tertiary/aromatic N) is 3. The van der Waals surface area contributed by atoms with Gasteiger partial charge in [0.2, 0.25) is 0 Å². The molecule has 6 heteroatoms. The molecule has 0 saturated carbocycles. The Bertz CT molecular complexity index is 881. The molecule has 0 spiro atoms. The predicted molar refractivity (Wildman–Crippen MR) is 79.7 cm³/mol. The van der Waals surface area contributed by atoms with E-state index in [0.717, 1.165) is 10.9 Å². The first-order chi connectivity index (χ1) is 10.6. The maximum atomic E-state index is 13.4. The first-order valence-electron chi connectivity index (χ1n) is 6.76. The Balaban J connectivity index is 1.97. The van der Waals surface area contributed by atoms with Gasteiger partial charge >= 0.3 is 0 Å². The van der Waals surface area contributed by atoms with E-state index in [2.05, 4.69) is 15.3 Å². The van der Waals surface area contributed by atoms with Gasteiger partial charge in [-0.05, 0) is 32.0 Å². The number of nitrogens with one attached hydrogen (secondary N) is 1. The van der Waals surface area contributed by atoms with Crippen molar-refractivity contribution in [3.8, 4) is 6.07 Å². The van der Waals surface area contributed by atoms with E-state index in [9.17, 15) is 4.39 Å². The van der Waals surface area contributed by atoms with Crippen LogP contribution in [0.1, 0.15) is 30.0 Å². The van der Waals surface area contributed by atoms with Crippen LogP contribution in [0.4, 0.5) is 10.2 Å². The number of benzene rings is 1. The van der Waals surface area contributed by atoms with E-state index in [4.69, 9.17) is 9.68 Å². The molecule has 5 nitrogen and oxygen atoms in total. The lowest BCUT2D eigenvalue weighted by molar-refractivity contribution is 0.521. The predicted octanol–water partition coefficient (Wildman–Crippen LogP) is 3.72. The number of rotatable bonds is 3. The highest BCUT2D eigenvalue weighted by Gasteiger charge is 2.18. The van der Waals surface area contributed by atoms with Crippen molar-refractivity contribution in [3.05, 3.63) is 53.4 Å². The molecule has 110 valence electrons. The minimum atomic E-state index is -0.302. The van der Waals surface area contributed by atoms with Crippen LogP contribution in [0.2, 0.25) is 0 Å². The highest BCUT2D eigenvalue weighted by atomic mass is 19.1. The monoisotopic (exact) mass is 296 g/mol. The number of furan rings is 1.